The van der Waals surface area contributed by atoms with Crippen LogP contribution in [-0.2, 0) is 6.61 Å². The third-order valence-corrected chi connectivity index (χ3v) is 3.37. The number of hydrogen-bond acceptors (Lipinski definition) is 2. The van der Waals surface area contributed by atoms with Crippen LogP contribution in [0.3, 0.4) is 0 Å². The highest BCUT2D eigenvalue weighted by Gasteiger charge is 2.08. The first-order chi connectivity index (χ1) is 9.49. The predicted octanol–water partition coefficient (Wildman–Crippen LogP) is 4.42. The Morgan fingerprint density at radius 3 is 2.65 bits per heavy atom. The summed E-state index contributed by atoms with van der Waals surface area (Å²) in [6.07, 6.45) is 0. The van der Waals surface area contributed by atoms with Crippen LogP contribution in [0.25, 0.3) is 0 Å². The van der Waals surface area contributed by atoms with Crippen molar-refractivity contribution in [3.8, 4) is 5.75 Å². The van der Waals surface area contributed by atoms with E-state index >= 15 is 0 Å². The van der Waals surface area contributed by atoms with Gasteiger partial charge in [0.25, 0.3) is 0 Å². The molecule has 0 bridgehead atoms. The molecule has 2 aromatic carbocycles. The van der Waals surface area contributed by atoms with Gasteiger partial charge in [0.05, 0.1) is 5.69 Å². The Balaban J connectivity index is 2.18. The molecule has 0 atom stereocenters. The van der Waals surface area contributed by atoms with Crippen LogP contribution in [0.5, 0.6) is 5.75 Å². The molecule has 0 aliphatic heterocycles. The quantitative estimate of drug-likeness (QED) is 0.837. The number of benzene rings is 2. The second-order valence-electron chi connectivity index (χ2n) is 5.29. The molecular formula is C17H20FNO. The van der Waals surface area contributed by atoms with E-state index in [4.69, 9.17) is 10.5 Å². The van der Waals surface area contributed by atoms with Crippen LogP contribution < -0.4 is 10.5 Å². The van der Waals surface area contributed by atoms with Crippen molar-refractivity contribution in [1.29, 1.82) is 0 Å². The molecule has 0 spiro atoms. The average molecular weight is 273 g/mol. The summed E-state index contributed by atoms with van der Waals surface area (Å²) in [5.41, 5.74) is 8.42. The zero-order chi connectivity index (χ0) is 14.7. The topological polar surface area (TPSA) is 35.2 Å². The largest absolute Gasteiger partial charge is 0.489 e. The van der Waals surface area contributed by atoms with Gasteiger partial charge >= 0.3 is 0 Å². The van der Waals surface area contributed by atoms with E-state index < -0.39 is 5.82 Å². The highest BCUT2D eigenvalue weighted by Crippen LogP contribution is 2.25. The fourth-order valence-electron chi connectivity index (χ4n) is 2.00. The van der Waals surface area contributed by atoms with E-state index in [1.54, 1.807) is 18.2 Å². The second kappa shape index (κ2) is 5.95. The summed E-state index contributed by atoms with van der Waals surface area (Å²) in [6.45, 7) is 6.42. The van der Waals surface area contributed by atoms with Crippen LogP contribution >= 0.6 is 0 Å². The van der Waals surface area contributed by atoms with E-state index in [1.807, 2.05) is 19.1 Å². The minimum atomic E-state index is -0.398. The summed E-state index contributed by atoms with van der Waals surface area (Å²) in [7, 11) is 0. The molecule has 0 fully saturated rings. The minimum Gasteiger partial charge on any atom is -0.489 e. The fourth-order valence-corrected chi connectivity index (χ4v) is 2.00. The van der Waals surface area contributed by atoms with Crippen molar-refractivity contribution in [2.45, 2.75) is 33.3 Å². The summed E-state index contributed by atoms with van der Waals surface area (Å²) in [5, 5.41) is 0. The summed E-state index contributed by atoms with van der Waals surface area (Å²) in [4.78, 5) is 0. The van der Waals surface area contributed by atoms with Crippen LogP contribution in [0.2, 0.25) is 0 Å². The molecule has 0 heterocycles. The highest BCUT2D eigenvalue weighted by molar-refractivity contribution is 5.43. The van der Waals surface area contributed by atoms with Gasteiger partial charge in [-0.15, -0.1) is 0 Å². The number of halogens is 1. The van der Waals surface area contributed by atoms with Gasteiger partial charge < -0.3 is 10.5 Å². The van der Waals surface area contributed by atoms with E-state index in [-0.39, 0.29) is 12.3 Å². The Morgan fingerprint density at radius 2 is 1.95 bits per heavy atom. The van der Waals surface area contributed by atoms with Gasteiger partial charge in [0.1, 0.15) is 12.4 Å². The number of ether oxygens (including phenoxy) is 1. The first kappa shape index (κ1) is 14.4. The van der Waals surface area contributed by atoms with Gasteiger partial charge in [-0.1, -0.05) is 38.1 Å². The number of aryl methyl sites for hydroxylation is 1. The minimum absolute atomic E-state index is 0.152. The molecule has 0 saturated carbocycles. The summed E-state index contributed by atoms with van der Waals surface area (Å²) >= 11 is 0. The molecule has 2 rings (SSSR count). The molecule has 0 aromatic heterocycles. The Labute approximate surface area is 119 Å². The number of anilines is 1. The molecule has 3 heteroatoms. The molecule has 0 saturated heterocycles. The van der Waals surface area contributed by atoms with Crippen LogP contribution in [0.15, 0.2) is 36.4 Å². The maximum atomic E-state index is 13.8. The summed E-state index contributed by atoms with van der Waals surface area (Å²) in [5.74, 6) is 0.824. The van der Waals surface area contributed by atoms with Crippen LogP contribution in [-0.4, -0.2) is 0 Å². The molecule has 2 aromatic rings. The van der Waals surface area contributed by atoms with Gasteiger partial charge in [-0.25, -0.2) is 4.39 Å². The molecule has 2 nitrogen and oxygen atoms in total. The van der Waals surface area contributed by atoms with Gasteiger partial charge in [-0.3, -0.25) is 0 Å². The molecular weight excluding hydrogens is 253 g/mol. The van der Waals surface area contributed by atoms with E-state index in [0.717, 1.165) is 11.3 Å². The summed E-state index contributed by atoms with van der Waals surface area (Å²) in [6, 6.07) is 11.1. The molecule has 0 aliphatic rings. The van der Waals surface area contributed by atoms with Crippen LogP contribution in [0.4, 0.5) is 10.1 Å². The Bertz CT molecular complexity index is 608. The Morgan fingerprint density at radius 1 is 1.20 bits per heavy atom. The number of nitrogen functional groups attached to an aromatic ring is 1. The zero-order valence-corrected chi connectivity index (χ0v) is 12.1. The lowest BCUT2D eigenvalue weighted by Gasteiger charge is -2.13. The first-order valence-electron chi connectivity index (χ1n) is 6.75. The Kier molecular flexibility index (Phi) is 4.28. The number of rotatable bonds is 4. The second-order valence-corrected chi connectivity index (χ2v) is 5.29. The van der Waals surface area contributed by atoms with Gasteiger partial charge in [0, 0.05) is 5.56 Å². The third kappa shape index (κ3) is 3.10. The van der Waals surface area contributed by atoms with Gasteiger partial charge in [0.2, 0.25) is 0 Å². The van der Waals surface area contributed by atoms with Crippen molar-refractivity contribution in [1.82, 2.24) is 0 Å². The molecule has 0 unspecified atom stereocenters. The SMILES string of the molecule is Cc1ccc(C(C)C)cc1OCc1cccc(N)c1F. The lowest BCUT2D eigenvalue weighted by molar-refractivity contribution is 0.297. The highest BCUT2D eigenvalue weighted by atomic mass is 19.1. The first-order valence-corrected chi connectivity index (χ1v) is 6.75. The smallest absolute Gasteiger partial charge is 0.152 e. The summed E-state index contributed by atoms with van der Waals surface area (Å²) < 4.78 is 19.6. The van der Waals surface area contributed by atoms with Gasteiger partial charge in [-0.2, -0.15) is 0 Å². The standard InChI is InChI=1S/C17H20FNO/c1-11(2)13-8-7-12(3)16(9-13)20-10-14-5-4-6-15(19)17(14)18/h4-9,11H,10,19H2,1-3H3. The average Bonchev–Trinajstić information content (AvgIpc) is 2.41. The fraction of sp³-hybridized carbons (Fsp3) is 0.294. The maximum absolute atomic E-state index is 13.8. The molecule has 106 valence electrons. The Hall–Kier alpha value is -2.03. The third-order valence-electron chi connectivity index (χ3n) is 3.37. The van der Waals surface area contributed by atoms with Gasteiger partial charge in [-0.05, 0) is 36.1 Å². The number of hydrogen-bond donors (Lipinski definition) is 1. The van der Waals surface area contributed by atoms with Crippen LogP contribution in [0, 0.1) is 12.7 Å². The van der Waals surface area contributed by atoms with Crippen molar-refractivity contribution in [2.75, 3.05) is 5.73 Å². The molecule has 0 amide bonds. The monoisotopic (exact) mass is 273 g/mol. The number of nitrogens with two attached hydrogens (primary N) is 1. The van der Waals surface area contributed by atoms with E-state index in [0.29, 0.717) is 11.5 Å². The van der Waals surface area contributed by atoms with Crippen molar-refractivity contribution in [2.24, 2.45) is 0 Å². The predicted molar refractivity (Wildman–Crippen MR) is 80.4 cm³/mol. The van der Waals surface area contributed by atoms with E-state index in [1.165, 1.54) is 5.56 Å². The lowest BCUT2D eigenvalue weighted by Crippen LogP contribution is -2.03. The molecule has 0 radical (unpaired) electrons. The zero-order valence-electron chi connectivity index (χ0n) is 12.1. The maximum Gasteiger partial charge on any atom is 0.152 e. The van der Waals surface area contributed by atoms with Crippen molar-refractivity contribution in [3.63, 3.8) is 0 Å². The van der Waals surface area contributed by atoms with E-state index in [2.05, 4.69) is 19.9 Å². The van der Waals surface area contributed by atoms with Gasteiger partial charge in [0.15, 0.2) is 5.82 Å². The molecule has 2 N–H and O–H groups in total. The van der Waals surface area contributed by atoms with Crippen molar-refractivity contribution >= 4 is 5.69 Å². The lowest BCUT2D eigenvalue weighted by atomic mass is 10.0. The molecule has 20 heavy (non-hydrogen) atoms. The normalized spacial score (nSPS) is 10.8. The van der Waals surface area contributed by atoms with Crippen molar-refractivity contribution < 1.29 is 9.13 Å². The molecule has 0 aliphatic carbocycles. The van der Waals surface area contributed by atoms with Crippen LogP contribution in [0.1, 0.15) is 36.5 Å². The van der Waals surface area contributed by atoms with E-state index in [9.17, 15) is 4.39 Å². The van der Waals surface area contributed by atoms with Crippen molar-refractivity contribution in [3.05, 3.63) is 58.9 Å².